The molecule has 2 amide bonds. The smallest absolute Gasteiger partial charge is 0.407 e. The van der Waals surface area contributed by atoms with E-state index >= 15 is 0 Å². The van der Waals surface area contributed by atoms with Crippen LogP contribution >= 0.6 is 0 Å². The first kappa shape index (κ1) is 13.8. The summed E-state index contributed by atoms with van der Waals surface area (Å²) in [6.07, 6.45) is 2.59. The van der Waals surface area contributed by atoms with Gasteiger partial charge in [0.25, 0.3) is 0 Å². The number of hydrogen-bond donors (Lipinski definition) is 2. The zero-order valence-electron chi connectivity index (χ0n) is 11.9. The minimum absolute atomic E-state index is 0.0136. The first-order valence-electron chi connectivity index (χ1n) is 7.18. The van der Waals surface area contributed by atoms with Crippen molar-refractivity contribution < 1.29 is 14.7 Å². The third-order valence-corrected chi connectivity index (χ3v) is 4.31. The van der Waals surface area contributed by atoms with Crippen LogP contribution in [-0.2, 0) is 4.79 Å². The van der Waals surface area contributed by atoms with E-state index in [0.29, 0.717) is 25.3 Å². The molecule has 0 radical (unpaired) electrons. The Hall–Kier alpha value is -2.18. The van der Waals surface area contributed by atoms with Crippen LogP contribution < -0.4 is 5.32 Å². The Morgan fingerprint density at radius 1 is 1.38 bits per heavy atom. The van der Waals surface area contributed by atoms with E-state index in [-0.39, 0.29) is 17.7 Å². The number of rotatable bonds is 1. The molecule has 112 valence electrons. The number of nitrogens with one attached hydrogen (secondary N) is 1. The normalized spacial score (nSPS) is 22.6. The molecule has 0 aromatic carbocycles. The van der Waals surface area contributed by atoms with E-state index in [4.69, 9.17) is 5.11 Å². The third kappa shape index (κ3) is 2.55. The van der Waals surface area contributed by atoms with Gasteiger partial charge in [-0.05, 0) is 18.8 Å². The Balaban J connectivity index is 1.86. The first-order chi connectivity index (χ1) is 10.1. The van der Waals surface area contributed by atoms with Crippen LogP contribution in [-0.4, -0.2) is 45.1 Å². The predicted octanol–water partition coefficient (Wildman–Crippen LogP) is 1.78. The number of piperidine rings is 1. The standard InChI is InChI=1S/C14H18N4O3/c1-8-6-10(19)17-13-11(8)12(15-7-16-13)9-2-4-18(5-3-9)14(20)21/h7-9H,2-6H2,1H3,(H,20,21)(H,15,16,17,19)/t8-/m1/s1. The summed E-state index contributed by atoms with van der Waals surface area (Å²) in [5, 5.41) is 11.8. The number of anilines is 1. The summed E-state index contributed by atoms with van der Waals surface area (Å²) < 4.78 is 0. The fourth-order valence-electron chi connectivity index (χ4n) is 3.23. The lowest BCUT2D eigenvalue weighted by Crippen LogP contribution is -2.37. The number of nitrogens with zero attached hydrogens (tertiary/aromatic N) is 3. The first-order valence-corrected chi connectivity index (χ1v) is 7.18. The summed E-state index contributed by atoms with van der Waals surface area (Å²) in [7, 11) is 0. The van der Waals surface area contributed by atoms with Crippen LogP contribution in [0.4, 0.5) is 10.6 Å². The third-order valence-electron chi connectivity index (χ3n) is 4.31. The molecule has 3 heterocycles. The maximum absolute atomic E-state index is 11.6. The number of hydrogen-bond acceptors (Lipinski definition) is 4. The fourth-order valence-corrected chi connectivity index (χ4v) is 3.23. The van der Waals surface area contributed by atoms with E-state index < -0.39 is 6.09 Å². The predicted molar refractivity (Wildman–Crippen MR) is 75.3 cm³/mol. The van der Waals surface area contributed by atoms with Gasteiger partial charge in [0.1, 0.15) is 12.1 Å². The van der Waals surface area contributed by atoms with Crippen LogP contribution in [0.25, 0.3) is 0 Å². The van der Waals surface area contributed by atoms with Gasteiger partial charge in [-0.2, -0.15) is 0 Å². The van der Waals surface area contributed by atoms with Gasteiger partial charge in [0.15, 0.2) is 0 Å². The topological polar surface area (TPSA) is 95.4 Å². The molecule has 3 rings (SSSR count). The second-order valence-electron chi connectivity index (χ2n) is 5.72. The lowest BCUT2D eigenvalue weighted by atomic mass is 9.84. The zero-order valence-corrected chi connectivity index (χ0v) is 11.9. The quantitative estimate of drug-likeness (QED) is 0.822. The minimum Gasteiger partial charge on any atom is -0.465 e. The summed E-state index contributed by atoms with van der Waals surface area (Å²) in [4.78, 5) is 32.6. The molecule has 2 aliphatic rings. The molecule has 2 N–H and O–H groups in total. The van der Waals surface area contributed by atoms with Crippen LogP contribution in [0.5, 0.6) is 0 Å². The summed E-state index contributed by atoms with van der Waals surface area (Å²) in [6, 6.07) is 0. The van der Waals surface area contributed by atoms with Gasteiger partial charge in [0.2, 0.25) is 5.91 Å². The number of fused-ring (bicyclic) bond motifs is 1. The van der Waals surface area contributed by atoms with Gasteiger partial charge in [0.05, 0.1) is 5.69 Å². The summed E-state index contributed by atoms with van der Waals surface area (Å²) in [5.41, 5.74) is 1.99. The molecule has 1 aromatic rings. The van der Waals surface area contributed by atoms with E-state index in [0.717, 1.165) is 24.1 Å². The van der Waals surface area contributed by atoms with Gasteiger partial charge in [-0.3, -0.25) is 4.79 Å². The summed E-state index contributed by atoms with van der Waals surface area (Å²) in [6.45, 7) is 3.07. The molecule has 2 aliphatic heterocycles. The second kappa shape index (κ2) is 5.31. The van der Waals surface area contributed by atoms with Crippen molar-refractivity contribution in [3.8, 4) is 0 Å². The van der Waals surface area contributed by atoms with Crippen molar-refractivity contribution in [1.82, 2.24) is 14.9 Å². The van der Waals surface area contributed by atoms with Crippen molar-refractivity contribution in [2.24, 2.45) is 0 Å². The molecule has 0 bridgehead atoms. The van der Waals surface area contributed by atoms with Crippen molar-refractivity contribution in [2.75, 3.05) is 18.4 Å². The van der Waals surface area contributed by atoms with Gasteiger partial charge in [0, 0.05) is 31.0 Å². The van der Waals surface area contributed by atoms with E-state index in [2.05, 4.69) is 15.3 Å². The fraction of sp³-hybridized carbons (Fsp3) is 0.571. The Bertz CT molecular complexity index is 582. The average molecular weight is 290 g/mol. The molecule has 1 fully saturated rings. The van der Waals surface area contributed by atoms with Crippen LogP contribution in [0.15, 0.2) is 6.33 Å². The SMILES string of the molecule is C[C@@H]1CC(=O)Nc2ncnc(C3CCN(C(=O)O)CC3)c21. The van der Waals surface area contributed by atoms with Crippen LogP contribution in [0.3, 0.4) is 0 Å². The Morgan fingerprint density at radius 2 is 2.10 bits per heavy atom. The van der Waals surface area contributed by atoms with E-state index in [1.807, 2.05) is 6.92 Å². The molecule has 0 aliphatic carbocycles. The Kier molecular flexibility index (Phi) is 3.48. The molecular weight excluding hydrogens is 272 g/mol. The Labute approximate surface area is 122 Å². The molecule has 7 heteroatoms. The highest BCUT2D eigenvalue weighted by Gasteiger charge is 2.31. The number of likely N-dealkylation sites (tertiary alicyclic amines) is 1. The molecule has 1 atom stereocenters. The van der Waals surface area contributed by atoms with Gasteiger partial charge in [-0.15, -0.1) is 0 Å². The minimum atomic E-state index is -0.862. The number of aromatic nitrogens is 2. The van der Waals surface area contributed by atoms with Crippen LogP contribution in [0, 0.1) is 0 Å². The average Bonchev–Trinajstić information content (AvgIpc) is 2.46. The molecule has 0 saturated carbocycles. The maximum atomic E-state index is 11.6. The maximum Gasteiger partial charge on any atom is 0.407 e. The number of carboxylic acid groups (broad SMARTS) is 1. The lowest BCUT2D eigenvalue weighted by molar-refractivity contribution is -0.116. The van der Waals surface area contributed by atoms with E-state index in [1.165, 1.54) is 11.2 Å². The summed E-state index contributed by atoms with van der Waals surface area (Å²) >= 11 is 0. The van der Waals surface area contributed by atoms with Crippen molar-refractivity contribution in [2.45, 2.75) is 38.0 Å². The van der Waals surface area contributed by atoms with E-state index in [1.54, 1.807) is 0 Å². The van der Waals surface area contributed by atoms with Gasteiger partial charge >= 0.3 is 6.09 Å². The molecular formula is C14H18N4O3. The highest BCUT2D eigenvalue weighted by Crippen LogP contribution is 2.38. The van der Waals surface area contributed by atoms with Crippen molar-refractivity contribution in [1.29, 1.82) is 0 Å². The van der Waals surface area contributed by atoms with Gasteiger partial charge < -0.3 is 15.3 Å². The molecule has 1 saturated heterocycles. The van der Waals surface area contributed by atoms with Gasteiger partial charge in [-0.25, -0.2) is 14.8 Å². The largest absolute Gasteiger partial charge is 0.465 e. The highest BCUT2D eigenvalue weighted by atomic mass is 16.4. The summed E-state index contributed by atoms with van der Waals surface area (Å²) in [5.74, 6) is 0.932. The van der Waals surface area contributed by atoms with Crippen molar-refractivity contribution in [3.63, 3.8) is 0 Å². The molecule has 0 spiro atoms. The molecule has 0 unspecified atom stereocenters. The number of carbonyl (C=O) groups excluding carboxylic acids is 1. The second-order valence-corrected chi connectivity index (χ2v) is 5.72. The van der Waals surface area contributed by atoms with Crippen molar-refractivity contribution in [3.05, 3.63) is 17.6 Å². The van der Waals surface area contributed by atoms with Crippen LogP contribution in [0.1, 0.15) is 49.3 Å². The van der Waals surface area contributed by atoms with Gasteiger partial charge in [-0.1, -0.05) is 6.92 Å². The molecule has 7 nitrogen and oxygen atoms in total. The van der Waals surface area contributed by atoms with Crippen LogP contribution in [0.2, 0.25) is 0 Å². The zero-order chi connectivity index (χ0) is 15.0. The van der Waals surface area contributed by atoms with E-state index in [9.17, 15) is 9.59 Å². The number of carbonyl (C=O) groups is 2. The lowest BCUT2D eigenvalue weighted by Gasteiger charge is -2.32. The molecule has 21 heavy (non-hydrogen) atoms. The Morgan fingerprint density at radius 3 is 2.76 bits per heavy atom. The van der Waals surface area contributed by atoms with Crippen molar-refractivity contribution >= 4 is 17.8 Å². The molecule has 1 aromatic heterocycles. The number of amides is 2. The highest BCUT2D eigenvalue weighted by molar-refractivity contribution is 5.93. The monoisotopic (exact) mass is 290 g/mol.